The summed E-state index contributed by atoms with van der Waals surface area (Å²) in [4.78, 5) is 11.5. The maximum atomic E-state index is 6.03. The molecule has 0 radical (unpaired) electrons. The summed E-state index contributed by atoms with van der Waals surface area (Å²) in [6.07, 6.45) is 0.00135. The number of fused-ring (bicyclic) bond motifs is 2. The predicted molar refractivity (Wildman–Crippen MR) is 97.0 cm³/mol. The van der Waals surface area contributed by atoms with Gasteiger partial charge in [-0.3, -0.25) is 4.90 Å². The van der Waals surface area contributed by atoms with E-state index in [0.717, 1.165) is 40.5 Å². The molecule has 0 unspecified atom stereocenters. The van der Waals surface area contributed by atoms with Gasteiger partial charge in [0, 0.05) is 17.6 Å². The molecule has 4 rings (SSSR count). The fraction of sp³-hybridized carbons (Fsp3) is 0.300. The molecule has 0 bridgehead atoms. The van der Waals surface area contributed by atoms with Gasteiger partial charge in [0.2, 0.25) is 0 Å². The Morgan fingerprint density at radius 3 is 2.68 bits per heavy atom. The second-order valence-corrected chi connectivity index (χ2v) is 6.44. The van der Waals surface area contributed by atoms with Crippen molar-refractivity contribution in [1.82, 2.24) is 14.9 Å². The summed E-state index contributed by atoms with van der Waals surface area (Å²) >= 11 is 0. The minimum atomic E-state index is 0.00135. The minimum absolute atomic E-state index is 0.00135. The highest BCUT2D eigenvalue weighted by Crippen LogP contribution is 2.31. The lowest BCUT2D eigenvalue weighted by molar-refractivity contribution is 0.0632. The Morgan fingerprint density at radius 1 is 1.04 bits per heavy atom. The molecule has 5 heteroatoms. The molecule has 0 spiro atoms. The van der Waals surface area contributed by atoms with Gasteiger partial charge in [0.05, 0.1) is 12.1 Å². The number of aromatic nitrogens is 2. The van der Waals surface area contributed by atoms with Crippen LogP contribution in [0.25, 0.3) is 10.9 Å². The molecular weight excluding hydrogens is 314 g/mol. The van der Waals surface area contributed by atoms with Gasteiger partial charge in [0.1, 0.15) is 18.5 Å². The van der Waals surface area contributed by atoms with Gasteiger partial charge < -0.3 is 9.47 Å². The summed E-state index contributed by atoms with van der Waals surface area (Å²) < 4.78 is 11.8. The largest absolute Gasteiger partial charge is 0.486 e. The van der Waals surface area contributed by atoms with Crippen LogP contribution in [-0.2, 0) is 6.54 Å². The van der Waals surface area contributed by atoms with Crippen molar-refractivity contribution in [3.63, 3.8) is 0 Å². The van der Waals surface area contributed by atoms with Crippen molar-refractivity contribution in [2.75, 3.05) is 20.2 Å². The van der Waals surface area contributed by atoms with Crippen molar-refractivity contribution in [2.45, 2.75) is 19.6 Å². The van der Waals surface area contributed by atoms with Crippen molar-refractivity contribution >= 4 is 10.9 Å². The zero-order chi connectivity index (χ0) is 17.2. The smallest absolute Gasteiger partial charge is 0.161 e. The lowest BCUT2D eigenvalue weighted by Gasteiger charge is -2.29. The van der Waals surface area contributed by atoms with Gasteiger partial charge in [-0.05, 0) is 32.2 Å². The van der Waals surface area contributed by atoms with Gasteiger partial charge in [0.15, 0.2) is 11.5 Å². The van der Waals surface area contributed by atoms with Crippen LogP contribution in [-0.4, -0.2) is 41.2 Å². The molecule has 3 aromatic rings. The standard InChI is InChI=1S/C20H21N3O2/c1-14-16-7-3-4-8-17(16)22-20(21-14)12-23(2)11-15-13-24-18-9-5-6-10-19(18)25-15/h3-10,15H,11-13H2,1-2H3/t15-/m1/s1. The first-order valence-corrected chi connectivity index (χ1v) is 8.48. The second-order valence-electron chi connectivity index (χ2n) is 6.44. The molecule has 0 fully saturated rings. The van der Waals surface area contributed by atoms with E-state index in [2.05, 4.69) is 28.0 Å². The van der Waals surface area contributed by atoms with Crippen LogP contribution in [0.4, 0.5) is 0 Å². The molecule has 2 aromatic carbocycles. The Hall–Kier alpha value is -2.66. The normalized spacial score (nSPS) is 16.4. The van der Waals surface area contributed by atoms with Crippen LogP contribution >= 0.6 is 0 Å². The number of likely N-dealkylation sites (N-methyl/N-ethyl adjacent to an activating group) is 1. The number of rotatable bonds is 4. The van der Waals surface area contributed by atoms with E-state index in [1.807, 2.05) is 49.4 Å². The Bertz CT molecular complexity index is 897. The van der Waals surface area contributed by atoms with Gasteiger partial charge in [0.25, 0.3) is 0 Å². The average molecular weight is 335 g/mol. The van der Waals surface area contributed by atoms with Crippen LogP contribution in [0, 0.1) is 6.92 Å². The van der Waals surface area contributed by atoms with Gasteiger partial charge in [-0.25, -0.2) is 9.97 Å². The highest BCUT2D eigenvalue weighted by atomic mass is 16.6. The molecule has 1 aliphatic heterocycles. The third kappa shape index (κ3) is 3.42. The maximum absolute atomic E-state index is 6.03. The molecule has 0 aliphatic carbocycles. The van der Waals surface area contributed by atoms with E-state index in [4.69, 9.17) is 9.47 Å². The molecule has 0 saturated carbocycles. The SMILES string of the molecule is Cc1nc(CN(C)C[C@@H]2COc3ccccc3O2)nc2ccccc12. The van der Waals surface area contributed by atoms with Crippen molar-refractivity contribution in [3.8, 4) is 11.5 Å². The summed E-state index contributed by atoms with van der Waals surface area (Å²) in [6.45, 7) is 4.01. The predicted octanol–water partition coefficient (Wildman–Crippen LogP) is 3.21. The fourth-order valence-corrected chi connectivity index (χ4v) is 3.17. The third-order valence-electron chi connectivity index (χ3n) is 4.33. The number of para-hydroxylation sites is 3. The second kappa shape index (κ2) is 6.69. The Balaban J connectivity index is 1.43. The summed E-state index contributed by atoms with van der Waals surface area (Å²) in [5, 5.41) is 1.11. The van der Waals surface area contributed by atoms with Crippen LogP contribution in [0.1, 0.15) is 11.5 Å². The quantitative estimate of drug-likeness (QED) is 0.733. The first kappa shape index (κ1) is 15.8. The summed E-state index contributed by atoms with van der Waals surface area (Å²) in [6, 6.07) is 15.9. The molecule has 128 valence electrons. The molecule has 1 atom stereocenters. The van der Waals surface area contributed by atoms with Crippen LogP contribution in [0.2, 0.25) is 0 Å². The van der Waals surface area contributed by atoms with Crippen molar-refractivity contribution in [3.05, 3.63) is 60.0 Å². The van der Waals surface area contributed by atoms with Gasteiger partial charge in [-0.2, -0.15) is 0 Å². The van der Waals surface area contributed by atoms with Crippen molar-refractivity contribution in [2.24, 2.45) is 0 Å². The molecule has 5 nitrogen and oxygen atoms in total. The van der Waals surface area contributed by atoms with Crippen molar-refractivity contribution < 1.29 is 9.47 Å². The van der Waals surface area contributed by atoms with Gasteiger partial charge in [-0.1, -0.05) is 30.3 Å². The molecule has 2 heterocycles. The number of ether oxygens (including phenoxy) is 2. The number of hydrogen-bond acceptors (Lipinski definition) is 5. The van der Waals surface area contributed by atoms with Crippen molar-refractivity contribution in [1.29, 1.82) is 0 Å². The number of hydrogen-bond donors (Lipinski definition) is 0. The molecule has 1 aromatic heterocycles. The number of benzene rings is 2. The average Bonchev–Trinajstić information content (AvgIpc) is 2.61. The fourth-order valence-electron chi connectivity index (χ4n) is 3.17. The van der Waals surface area contributed by atoms with E-state index < -0.39 is 0 Å². The third-order valence-corrected chi connectivity index (χ3v) is 4.33. The van der Waals surface area contributed by atoms with E-state index in [9.17, 15) is 0 Å². The molecule has 1 aliphatic rings. The van der Waals surface area contributed by atoms with Crippen LogP contribution in [0.5, 0.6) is 11.5 Å². The first-order chi connectivity index (χ1) is 12.2. The van der Waals surface area contributed by atoms with E-state index >= 15 is 0 Å². The van der Waals surface area contributed by atoms with E-state index in [0.29, 0.717) is 13.2 Å². The molecule has 25 heavy (non-hydrogen) atoms. The zero-order valence-electron chi connectivity index (χ0n) is 14.5. The molecular formula is C20H21N3O2. The summed E-state index contributed by atoms with van der Waals surface area (Å²) in [5.74, 6) is 2.45. The lowest BCUT2D eigenvalue weighted by atomic mass is 10.2. The summed E-state index contributed by atoms with van der Waals surface area (Å²) in [5.41, 5.74) is 2.00. The zero-order valence-corrected chi connectivity index (χ0v) is 14.5. The van der Waals surface area contributed by atoms with Gasteiger partial charge in [-0.15, -0.1) is 0 Å². The monoisotopic (exact) mass is 335 g/mol. The molecule has 0 amide bonds. The van der Waals surface area contributed by atoms with E-state index in [1.165, 1.54) is 0 Å². The Labute approximate surface area is 147 Å². The minimum Gasteiger partial charge on any atom is -0.486 e. The van der Waals surface area contributed by atoms with Crippen LogP contribution < -0.4 is 9.47 Å². The highest BCUT2D eigenvalue weighted by molar-refractivity contribution is 5.80. The van der Waals surface area contributed by atoms with Crippen LogP contribution in [0.15, 0.2) is 48.5 Å². The topological polar surface area (TPSA) is 47.5 Å². The molecule has 0 saturated heterocycles. The highest BCUT2D eigenvalue weighted by Gasteiger charge is 2.22. The van der Waals surface area contributed by atoms with E-state index in [-0.39, 0.29) is 6.10 Å². The Kier molecular flexibility index (Phi) is 4.24. The number of nitrogens with zero attached hydrogens (tertiary/aromatic N) is 3. The lowest BCUT2D eigenvalue weighted by Crippen LogP contribution is -2.39. The van der Waals surface area contributed by atoms with E-state index in [1.54, 1.807) is 0 Å². The number of aryl methyl sites for hydroxylation is 1. The Morgan fingerprint density at radius 2 is 1.80 bits per heavy atom. The summed E-state index contributed by atoms with van der Waals surface area (Å²) in [7, 11) is 2.05. The van der Waals surface area contributed by atoms with Gasteiger partial charge >= 0.3 is 0 Å². The molecule has 0 N–H and O–H groups in total. The first-order valence-electron chi connectivity index (χ1n) is 8.48. The van der Waals surface area contributed by atoms with Crippen LogP contribution in [0.3, 0.4) is 0 Å². The maximum Gasteiger partial charge on any atom is 0.161 e.